The molecule has 0 spiro atoms. The highest BCUT2D eigenvalue weighted by Crippen LogP contribution is 2.28. The topological polar surface area (TPSA) is 114 Å². The molecule has 1 aromatic heterocycles. The lowest BCUT2D eigenvalue weighted by Crippen LogP contribution is -2.55. The van der Waals surface area contributed by atoms with Crippen LogP contribution in [0.5, 0.6) is 0 Å². The van der Waals surface area contributed by atoms with Gasteiger partial charge >= 0.3 is 18.4 Å². The van der Waals surface area contributed by atoms with Gasteiger partial charge in [-0.05, 0) is 6.07 Å². The molecule has 1 atom stereocenters. The van der Waals surface area contributed by atoms with Crippen LogP contribution in [0.3, 0.4) is 0 Å². The van der Waals surface area contributed by atoms with Gasteiger partial charge in [-0.2, -0.15) is 13.2 Å². The van der Waals surface area contributed by atoms with Crippen molar-refractivity contribution in [1.82, 2.24) is 14.8 Å². The van der Waals surface area contributed by atoms with Crippen LogP contribution in [0, 0.1) is 0 Å². The van der Waals surface area contributed by atoms with Crippen molar-refractivity contribution in [3.8, 4) is 0 Å². The number of nitrogens with one attached hydrogen (secondary N) is 1. The van der Waals surface area contributed by atoms with Crippen molar-refractivity contribution in [3.63, 3.8) is 0 Å². The van der Waals surface area contributed by atoms with Crippen LogP contribution in [-0.2, 0) is 6.18 Å². The maximum atomic E-state index is 12.7. The summed E-state index contributed by atoms with van der Waals surface area (Å²) < 4.78 is 38.1. The summed E-state index contributed by atoms with van der Waals surface area (Å²) in [4.78, 5) is 37.8. The van der Waals surface area contributed by atoms with Crippen molar-refractivity contribution in [3.05, 3.63) is 39.8 Å². The summed E-state index contributed by atoms with van der Waals surface area (Å²) in [6, 6.07) is -0.283. The second-order valence-electron chi connectivity index (χ2n) is 5.30. The summed E-state index contributed by atoms with van der Waals surface area (Å²) in [6.45, 7) is -0.291. The van der Waals surface area contributed by atoms with E-state index in [2.05, 4.69) is 0 Å². The van der Waals surface area contributed by atoms with E-state index in [1.807, 2.05) is 4.98 Å². The highest BCUT2D eigenvalue weighted by atomic mass is 19.4. The fraction of sp³-hybridized carbons (Fsp3) is 0.357. The lowest BCUT2D eigenvalue weighted by molar-refractivity contribution is -0.137. The Hall–Kier alpha value is -2.98. The van der Waals surface area contributed by atoms with Gasteiger partial charge in [0.1, 0.15) is 0 Å². The van der Waals surface area contributed by atoms with Crippen molar-refractivity contribution in [2.24, 2.45) is 0 Å². The molecule has 0 aromatic carbocycles. The van der Waals surface area contributed by atoms with Gasteiger partial charge in [-0.25, -0.2) is 9.59 Å². The van der Waals surface area contributed by atoms with Gasteiger partial charge < -0.3 is 20.1 Å². The molecule has 1 unspecified atom stereocenters. The predicted octanol–water partition coefficient (Wildman–Crippen LogP) is 1.75. The largest absolute Gasteiger partial charge is 0.465 e. The fourth-order valence-electron chi connectivity index (χ4n) is 2.39. The third-order valence-electron chi connectivity index (χ3n) is 3.69. The standard InChI is InChI=1S/C14H14F3N3O5/c15-14(16,17)9-5-8(11(21)18-6-9)1-2-10-7-19(12(22)23)3-4-20(10)13(24)25/h1-2,5-6,10H,3-4,7H2,(H,18,21)(H,22,23)(H,24,25). The van der Waals surface area contributed by atoms with Crippen LogP contribution >= 0.6 is 0 Å². The average Bonchev–Trinajstić information content (AvgIpc) is 2.52. The molecule has 11 heteroatoms. The first-order valence-electron chi connectivity index (χ1n) is 7.05. The number of H-pyrrole nitrogens is 1. The summed E-state index contributed by atoms with van der Waals surface area (Å²) in [6.07, 6.45) is -4.38. The van der Waals surface area contributed by atoms with Crippen molar-refractivity contribution < 1.29 is 33.0 Å². The minimum Gasteiger partial charge on any atom is -0.465 e. The van der Waals surface area contributed by atoms with Crippen LogP contribution in [0.1, 0.15) is 11.1 Å². The Morgan fingerprint density at radius 2 is 1.92 bits per heavy atom. The third-order valence-corrected chi connectivity index (χ3v) is 3.69. The van der Waals surface area contributed by atoms with Crippen LogP contribution in [0.4, 0.5) is 22.8 Å². The number of carbonyl (C=O) groups is 2. The molecule has 1 aliphatic heterocycles. The number of alkyl halides is 3. The van der Waals surface area contributed by atoms with E-state index in [9.17, 15) is 27.6 Å². The number of rotatable bonds is 2. The molecule has 0 aliphatic carbocycles. The van der Waals surface area contributed by atoms with E-state index in [0.717, 1.165) is 15.9 Å². The Morgan fingerprint density at radius 3 is 2.48 bits per heavy atom. The zero-order valence-corrected chi connectivity index (χ0v) is 12.7. The number of pyridine rings is 1. The Kier molecular flexibility index (Phi) is 5.04. The first kappa shape index (κ1) is 18.4. The zero-order chi connectivity index (χ0) is 18.8. The second-order valence-corrected chi connectivity index (χ2v) is 5.30. The third kappa shape index (κ3) is 4.31. The molecule has 2 amide bonds. The maximum absolute atomic E-state index is 12.7. The molecule has 0 radical (unpaired) electrons. The normalized spacial score (nSPS) is 18.6. The predicted molar refractivity (Wildman–Crippen MR) is 79.2 cm³/mol. The molecule has 0 bridgehead atoms. The van der Waals surface area contributed by atoms with Crippen LogP contribution in [0.25, 0.3) is 6.08 Å². The minimum atomic E-state index is -4.65. The summed E-state index contributed by atoms with van der Waals surface area (Å²) >= 11 is 0. The van der Waals surface area contributed by atoms with Gasteiger partial charge in [0.25, 0.3) is 5.56 Å². The summed E-state index contributed by atoms with van der Waals surface area (Å²) in [7, 11) is 0. The molecule has 136 valence electrons. The first-order valence-corrected chi connectivity index (χ1v) is 7.05. The number of hydrogen-bond donors (Lipinski definition) is 3. The van der Waals surface area contributed by atoms with Gasteiger partial charge in [0.2, 0.25) is 0 Å². The first-order chi connectivity index (χ1) is 11.6. The number of piperazine rings is 1. The van der Waals surface area contributed by atoms with E-state index in [-0.39, 0.29) is 25.2 Å². The number of nitrogens with zero attached hydrogens (tertiary/aromatic N) is 2. The number of aromatic nitrogens is 1. The maximum Gasteiger partial charge on any atom is 0.417 e. The van der Waals surface area contributed by atoms with E-state index >= 15 is 0 Å². The van der Waals surface area contributed by atoms with E-state index < -0.39 is 35.5 Å². The fourth-order valence-corrected chi connectivity index (χ4v) is 2.39. The van der Waals surface area contributed by atoms with Crippen LogP contribution in [0.2, 0.25) is 0 Å². The lowest BCUT2D eigenvalue weighted by Gasteiger charge is -2.37. The zero-order valence-electron chi connectivity index (χ0n) is 12.7. The van der Waals surface area contributed by atoms with Crippen LogP contribution in [-0.4, -0.2) is 62.9 Å². The molecule has 25 heavy (non-hydrogen) atoms. The lowest BCUT2D eigenvalue weighted by atomic mass is 10.1. The van der Waals surface area contributed by atoms with Crippen LogP contribution < -0.4 is 5.56 Å². The molecular formula is C14H14F3N3O5. The van der Waals surface area contributed by atoms with E-state index in [4.69, 9.17) is 10.2 Å². The van der Waals surface area contributed by atoms with Gasteiger partial charge in [0.05, 0.1) is 11.6 Å². The Morgan fingerprint density at radius 1 is 1.24 bits per heavy atom. The highest BCUT2D eigenvalue weighted by molar-refractivity contribution is 5.69. The summed E-state index contributed by atoms with van der Waals surface area (Å²) in [5.74, 6) is 0. The number of carboxylic acid groups (broad SMARTS) is 2. The molecule has 3 N–H and O–H groups in total. The molecule has 1 aliphatic rings. The van der Waals surface area contributed by atoms with Gasteiger partial charge in [0, 0.05) is 31.4 Å². The second kappa shape index (κ2) is 6.87. The molecule has 2 heterocycles. The summed E-state index contributed by atoms with van der Waals surface area (Å²) in [5, 5.41) is 18.1. The van der Waals surface area contributed by atoms with Crippen molar-refractivity contribution in [2.45, 2.75) is 12.2 Å². The Balaban J connectivity index is 2.30. The SMILES string of the molecule is O=C(O)N1CCN(C(=O)O)C(C=Cc2cc(C(F)(F)F)c[nH]c2=O)C1. The van der Waals surface area contributed by atoms with Crippen molar-refractivity contribution in [2.75, 3.05) is 19.6 Å². The molecular weight excluding hydrogens is 347 g/mol. The van der Waals surface area contributed by atoms with E-state index in [0.29, 0.717) is 12.3 Å². The van der Waals surface area contributed by atoms with Gasteiger partial charge in [-0.1, -0.05) is 12.2 Å². The van der Waals surface area contributed by atoms with E-state index in [1.54, 1.807) is 0 Å². The Bertz CT molecular complexity index is 759. The van der Waals surface area contributed by atoms with E-state index in [1.165, 1.54) is 6.08 Å². The summed E-state index contributed by atoms with van der Waals surface area (Å²) in [5.41, 5.74) is -2.15. The highest BCUT2D eigenvalue weighted by Gasteiger charge is 2.32. The molecule has 0 saturated carbocycles. The average molecular weight is 361 g/mol. The molecule has 1 aromatic rings. The molecule has 1 fully saturated rings. The van der Waals surface area contributed by atoms with Gasteiger partial charge in [-0.15, -0.1) is 0 Å². The van der Waals surface area contributed by atoms with Gasteiger partial charge in [0.15, 0.2) is 0 Å². The Labute approximate surface area is 138 Å². The number of amides is 2. The van der Waals surface area contributed by atoms with Gasteiger partial charge in [-0.3, -0.25) is 9.69 Å². The smallest absolute Gasteiger partial charge is 0.417 e. The number of halogens is 3. The molecule has 1 saturated heterocycles. The minimum absolute atomic E-state index is 0.0177. The van der Waals surface area contributed by atoms with Crippen molar-refractivity contribution in [1.29, 1.82) is 0 Å². The van der Waals surface area contributed by atoms with Crippen LogP contribution in [0.15, 0.2) is 23.1 Å². The quantitative estimate of drug-likeness (QED) is 0.743. The molecule has 8 nitrogen and oxygen atoms in total. The molecule has 2 rings (SSSR count). The monoisotopic (exact) mass is 361 g/mol. The van der Waals surface area contributed by atoms with Crippen molar-refractivity contribution >= 4 is 18.3 Å². The number of aromatic amines is 1. The number of hydrogen-bond acceptors (Lipinski definition) is 3.